The van der Waals surface area contributed by atoms with Gasteiger partial charge >= 0.3 is 6.03 Å². The van der Waals surface area contributed by atoms with Crippen LogP contribution in [0.1, 0.15) is 12.8 Å². The molecule has 29 heavy (non-hydrogen) atoms. The molecule has 1 N–H and O–H groups in total. The second-order valence-electron chi connectivity index (χ2n) is 6.82. The number of carbonyl (C=O) groups is 1. The lowest BCUT2D eigenvalue weighted by molar-refractivity contribution is 0.112. The molecule has 0 radical (unpaired) electrons. The van der Waals surface area contributed by atoms with Gasteiger partial charge < -0.3 is 19.7 Å². The summed E-state index contributed by atoms with van der Waals surface area (Å²) >= 11 is 6.03. The Hall–Kier alpha value is -3.06. The highest BCUT2D eigenvalue weighted by Gasteiger charge is 2.25. The van der Waals surface area contributed by atoms with Gasteiger partial charge in [0.2, 0.25) is 5.88 Å². The third-order valence-corrected chi connectivity index (χ3v) is 5.18. The molecule has 0 bridgehead atoms. The number of piperidine rings is 1. The number of amides is 2. The van der Waals surface area contributed by atoms with Crippen molar-refractivity contribution in [2.75, 3.05) is 25.5 Å². The zero-order chi connectivity index (χ0) is 20.2. The van der Waals surface area contributed by atoms with Gasteiger partial charge in [-0.25, -0.2) is 4.79 Å². The van der Waals surface area contributed by atoms with Crippen molar-refractivity contribution < 1.29 is 14.3 Å². The number of rotatable bonds is 4. The summed E-state index contributed by atoms with van der Waals surface area (Å²) in [5, 5.41) is 13.5. The van der Waals surface area contributed by atoms with E-state index in [4.69, 9.17) is 21.1 Å². The Morgan fingerprint density at radius 1 is 1.21 bits per heavy atom. The van der Waals surface area contributed by atoms with E-state index in [0.29, 0.717) is 48.3 Å². The van der Waals surface area contributed by atoms with Gasteiger partial charge in [-0.15, -0.1) is 5.10 Å². The monoisotopic (exact) mass is 412 g/mol. The Balaban J connectivity index is 1.37. The van der Waals surface area contributed by atoms with Gasteiger partial charge in [0, 0.05) is 41.7 Å². The topological polar surface area (TPSA) is 76.6 Å². The van der Waals surface area contributed by atoms with E-state index in [9.17, 15) is 4.79 Å². The molecule has 0 unspecified atom stereocenters. The van der Waals surface area contributed by atoms with E-state index in [1.165, 1.54) is 0 Å². The number of nitrogens with zero attached hydrogens (tertiary/aromatic N) is 3. The van der Waals surface area contributed by atoms with Crippen LogP contribution in [0.15, 0.2) is 48.7 Å². The predicted octanol–water partition coefficient (Wildman–Crippen LogP) is 4.37. The number of halogens is 1. The van der Waals surface area contributed by atoms with Crippen LogP contribution in [0, 0.1) is 0 Å². The smallest absolute Gasteiger partial charge is 0.321 e. The molecular weight excluding hydrogens is 392 g/mol. The summed E-state index contributed by atoms with van der Waals surface area (Å²) in [6, 6.07) is 12.8. The summed E-state index contributed by atoms with van der Waals surface area (Å²) in [5.41, 5.74) is 0.550. The molecule has 2 aromatic carbocycles. The lowest BCUT2D eigenvalue weighted by Gasteiger charge is -2.32. The number of urea groups is 1. The maximum absolute atomic E-state index is 12.6. The van der Waals surface area contributed by atoms with Gasteiger partial charge in [-0.05, 0) is 24.3 Å². The van der Waals surface area contributed by atoms with Gasteiger partial charge in [-0.1, -0.05) is 29.8 Å². The minimum atomic E-state index is -0.186. The molecule has 0 atom stereocenters. The van der Waals surface area contributed by atoms with Crippen LogP contribution in [0.4, 0.5) is 10.5 Å². The number of benzene rings is 2. The van der Waals surface area contributed by atoms with Crippen LogP contribution in [-0.2, 0) is 0 Å². The summed E-state index contributed by atoms with van der Waals surface area (Å²) < 4.78 is 11.4. The number of carbonyl (C=O) groups excluding carboxylic acids is 1. The number of hydrogen-bond donors (Lipinski definition) is 1. The molecule has 2 amide bonds. The average molecular weight is 413 g/mol. The van der Waals surface area contributed by atoms with Crippen LogP contribution >= 0.6 is 11.6 Å². The number of anilines is 1. The van der Waals surface area contributed by atoms with Crippen LogP contribution in [-0.4, -0.2) is 47.4 Å². The Kier molecular flexibility index (Phi) is 5.67. The molecule has 1 aliphatic rings. The first kappa shape index (κ1) is 19.3. The largest absolute Gasteiger partial charge is 0.495 e. The number of methoxy groups -OCH3 is 1. The first-order chi connectivity index (χ1) is 14.1. The molecule has 0 saturated carbocycles. The Bertz CT molecular complexity index is 1020. The molecule has 4 rings (SSSR count). The quantitative estimate of drug-likeness (QED) is 0.688. The summed E-state index contributed by atoms with van der Waals surface area (Å²) in [7, 11) is 1.55. The number of fused-ring (bicyclic) bond motifs is 1. The molecule has 0 aliphatic carbocycles. The molecule has 1 aromatic heterocycles. The number of likely N-dealkylation sites (tertiary alicyclic amines) is 1. The van der Waals surface area contributed by atoms with Crippen LogP contribution in [0.5, 0.6) is 11.6 Å². The average Bonchev–Trinajstić information content (AvgIpc) is 2.75. The standard InChI is InChI=1S/C21H21ClN4O3/c1-28-19-7-6-15(22)12-18(19)24-21(27)26-10-8-16(9-11-26)29-20-17-5-3-2-4-14(17)13-23-25-20/h2-7,12-13,16H,8-11H2,1H3,(H,24,27). The van der Waals surface area contributed by atoms with Crippen LogP contribution < -0.4 is 14.8 Å². The zero-order valence-corrected chi connectivity index (χ0v) is 16.7. The lowest BCUT2D eigenvalue weighted by Crippen LogP contribution is -2.43. The molecule has 8 heteroatoms. The van der Waals surface area contributed by atoms with E-state index in [-0.39, 0.29) is 12.1 Å². The molecule has 7 nitrogen and oxygen atoms in total. The van der Waals surface area contributed by atoms with Crippen molar-refractivity contribution in [3.05, 3.63) is 53.7 Å². The van der Waals surface area contributed by atoms with Gasteiger partial charge in [-0.2, -0.15) is 5.10 Å². The number of nitrogens with one attached hydrogen (secondary N) is 1. The maximum Gasteiger partial charge on any atom is 0.321 e. The number of ether oxygens (including phenoxy) is 2. The second kappa shape index (κ2) is 8.53. The van der Waals surface area contributed by atoms with Crippen LogP contribution in [0.25, 0.3) is 10.8 Å². The normalized spacial score (nSPS) is 14.6. The fourth-order valence-corrected chi connectivity index (χ4v) is 3.57. The molecule has 1 saturated heterocycles. The first-order valence-electron chi connectivity index (χ1n) is 9.40. The Morgan fingerprint density at radius 2 is 2.00 bits per heavy atom. The van der Waals surface area contributed by atoms with Crippen molar-refractivity contribution >= 4 is 34.1 Å². The van der Waals surface area contributed by atoms with Crippen LogP contribution in [0.2, 0.25) is 5.02 Å². The first-order valence-corrected chi connectivity index (χ1v) is 9.78. The molecule has 3 aromatic rings. The SMILES string of the molecule is COc1ccc(Cl)cc1NC(=O)N1CCC(Oc2nncc3ccccc23)CC1. The highest BCUT2D eigenvalue weighted by molar-refractivity contribution is 6.31. The third kappa shape index (κ3) is 4.35. The minimum absolute atomic E-state index is 0.0140. The fraction of sp³-hybridized carbons (Fsp3) is 0.286. The van der Waals surface area contributed by atoms with Crippen molar-refractivity contribution in [3.63, 3.8) is 0 Å². The van der Waals surface area contributed by atoms with Crippen LogP contribution in [0.3, 0.4) is 0 Å². The highest BCUT2D eigenvalue weighted by Crippen LogP contribution is 2.29. The van der Waals surface area contributed by atoms with Crippen molar-refractivity contribution in [2.45, 2.75) is 18.9 Å². The van der Waals surface area contributed by atoms with Gasteiger partial charge in [0.05, 0.1) is 19.0 Å². The fourth-order valence-electron chi connectivity index (χ4n) is 3.40. The molecule has 0 spiro atoms. The van der Waals surface area contributed by atoms with E-state index >= 15 is 0 Å². The van der Waals surface area contributed by atoms with E-state index in [1.54, 1.807) is 36.4 Å². The molecule has 1 fully saturated rings. The molecule has 1 aliphatic heterocycles. The number of hydrogen-bond acceptors (Lipinski definition) is 5. The summed E-state index contributed by atoms with van der Waals surface area (Å²) in [5.74, 6) is 1.10. The maximum atomic E-state index is 12.6. The van der Waals surface area contributed by atoms with Gasteiger partial charge in [0.1, 0.15) is 11.9 Å². The lowest BCUT2D eigenvalue weighted by atomic mass is 10.1. The van der Waals surface area contributed by atoms with Crippen molar-refractivity contribution in [1.29, 1.82) is 0 Å². The highest BCUT2D eigenvalue weighted by atomic mass is 35.5. The second-order valence-corrected chi connectivity index (χ2v) is 7.25. The van der Waals surface area contributed by atoms with Gasteiger partial charge in [-0.3, -0.25) is 0 Å². The van der Waals surface area contributed by atoms with E-state index < -0.39 is 0 Å². The summed E-state index contributed by atoms with van der Waals surface area (Å²) in [6.07, 6.45) is 3.13. The van der Waals surface area contributed by atoms with Gasteiger partial charge in [0.15, 0.2) is 0 Å². The Morgan fingerprint density at radius 3 is 2.79 bits per heavy atom. The van der Waals surface area contributed by atoms with E-state index in [0.717, 1.165) is 10.8 Å². The van der Waals surface area contributed by atoms with E-state index in [2.05, 4.69) is 15.5 Å². The Labute approximate surface area is 173 Å². The third-order valence-electron chi connectivity index (χ3n) is 4.95. The zero-order valence-electron chi connectivity index (χ0n) is 16.0. The van der Waals surface area contributed by atoms with Crippen molar-refractivity contribution in [3.8, 4) is 11.6 Å². The summed E-state index contributed by atoms with van der Waals surface area (Å²) in [4.78, 5) is 14.4. The molecular formula is C21H21ClN4O3. The van der Waals surface area contributed by atoms with E-state index in [1.807, 2.05) is 24.3 Å². The van der Waals surface area contributed by atoms with Gasteiger partial charge in [0.25, 0.3) is 0 Å². The van der Waals surface area contributed by atoms with Crippen molar-refractivity contribution in [2.24, 2.45) is 0 Å². The van der Waals surface area contributed by atoms with Crippen molar-refractivity contribution in [1.82, 2.24) is 15.1 Å². The number of aromatic nitrogens is 2. The minimum Gasteiger partial charge on any atom is -0.495 e. The molecule has 150 valence electrons. The summed E-state index contributed by atoms with van der Waals surface area (Å²) in [6.45, 7) is 1.16. The molecule has 2 heterocycles. The predicted molar refractivity (Wildman–Crippen MR) is 112 cm³/mol.